The Morgan fingerprint density at radius 2 is 1.81 bits per heavy atom. The van der Waals surface area contributed by atoms with E-state index >= 15 is 0 Å². The van der Waals surface area contributed by atoms with Crippen LogP contribution in [0.3, 0.4) is 0 Å². The van der Waals surface area contributed by atoms with Crippen LogP contribution < -0.4 is 5.32 Å². The minimum Gasteiger partial charge on any atom is -0.314 e. The van der Waals surface area contributed by atoms with E-state index in [0.29, 0.717) is 5.92 Å². The number of hydrogen-bond donors (Lipinski definition) is 1. The molecule has 2 unspecified atom stereocenters. The molecule has 0 amide bonds. The monoisotopic (exact) mass is 309 g/mol. The SMILES string of the molecule is Fc1cc(CC2CCCCCC2CNC2CC2)ccc1Cl. The third-order valence-electron chi connectivity index (χ3n) is 5.04. The Morgan fingerprint density at radius 1 is 1.05 bits per heavy atom. The number of hydrogen-bond acceptors (Lipinski definition) is 1. The fourth-order valence-electron chi connectivity index (χ4n) is 3.57. The van der Waals surface area contributed by atoms with Gasteiger partial charge in [-0.05, 0) is 68.2 Å². The van der Waals surface area contributed by atoms with Crippen LogP contribution in [0.1, 0.15) is 50.5 Å². The molecule has 2 aliphatic rings. The van der Waals surface area contributed by atoms with E-state index in [1.54, 1.807) is 12.1 Å². The van der Waals surface area contributed by atoms with Gasteiger partial charge < -0.3 is 5.32 Å². The van der Waals surface area contributed by atoms with Gasteiger partial charge in [0.15, 0.2) is 0 Å². The van der Waals surface area contributed by atoms with Crippen molar-refractivity contribution in [3.8, 4) is 0 Å². The molecular weight excluding hydrogens is 285 g/mol. The first-order chi connectivity index (χ1) is 10.2. The molecule has 1 nitrogen and oxygen atoms in total. The van der Waals surface area contributed by atoms with Gasteiger partial charge in [-0.25, -0.2) is 4.39 Å². The third kappa shape index (κ3) is 4.43. The van der Waals surface area contributed by atoms with E-state index in [9.17, 15) is 4.39 Å². The van der Waals surface area contributed by atoms with E-state index < -0.39 is 0 Å². The lowest BCUT2D eigenvalue weighted by Crippen LogP contribution is -2.30. The summed E-state index contributed by atoms with van der Waals surface area (Å²) in [6.45, 7) is 1.14. The largest absolute Gasteiger partial charge is 0.314 e. The highest BCUT2D eigenvalue weighted by Crippen LogP contribution is 2.32. The summed E-state index contributed by atoms with van der Waals surface area (Å²) < 4.78 is 13.6. The van der Waals surface area contributed by atoms with Crippen molar-refractivity contribution < 1.29 is 4.39 Å². The highest BCUT2D eigenvalue weighted by molar-refractivity contribution is 6.30. The first kappa shape index (κ1) is 15.3. The van der Waals surface area contributed by atoms with Crippen LogP contribution in [0, 0.1) is 17.7 Å². The molecule has 0 bridgehead atoms. The van der Waals surface area contributed by atoms with Crippen molar-refractivity contribution in [2.75, 3.05) is 6.54 Å². The molecule has 1 aromatic rings. The van der Waals surface area contributed by atoms with E-state index in [1.165, 1.54) is 44.9 Å². The molecule has 1 aromatic carbocycles. The van der Waals surface area contributed by atoms with Crippen molar-refractivity contribution in [3.63, 3.8) is 0 Å². The van der Waals surface area contributed by atoms with E-state index in [1.807, 2.05) is 6.07 Å². The number of benzene rings is 1. The molecule has 2 fully saturated rings. The van der Waals surface area contributed by atoms with Crippen LogP contribution in [0.4, 0.5) is 4.39 Å². The summed E-state index contributed by atoms with van der Waals surface area (Å²) in [5.74, 6) is 1.14. The molecule has 0 aromatic heterocycles. The Bertz CT molecular complexity index is 472. The van der Waals surface area contributed by atoms with Crippen LogP contribution in [-0.2, 0) is 6.42 Å². The van der Waals surface area contributed by atoms with Gasteiger partial charge in [0.25, 0.3) is 0 Å². The second-order valence-corrected chi connectivity index (χ2v) is 7.20. The van der Waals surface area contributed by atoms with E-state index in [2.05, 4.69) is 5.32 Å². The standard InChI is InChI=1S/C18H25ClFN/c19-17-9-6-13(11-18(17)20)10-14-4-2-1-3-5-15(14)12-21-16-7-8-16/h6,9,11,14-16,21H,1-5,7-8,10,12H2. The van der Waals surface area contributed by atoms with E-state index in [-0.39, 0.29) is 10.8 Å². The van der Waals surface area contributed by atoms with Crippen LogP contribution in [0.25, 0.3) is 0 Å². The highest BCUT2D eigenvalue weighted by Gasteiger charge is 2.27. The van der Waals surface area contributed by atoms with Crippen LogP contribution in [0.5, 0.6) is 0 Å². The first-order valence-electron chi connectivity index (χ1n) is 8.39. The molecule has 0 heterocycles. The molecule has 2 saturated carbocycles. The van der Waals surface area contributed by atoms with Gasteiger partial charge in [-0.3, -0.25) is 0 Å². The maximum absolute atomic E-state index is 13.6. The van der Waals surface area contributed by atoms with Crippen LogP contribution in [-0.4, -0.2) is 12.6 Å². The Morgan fingerprint density at radius 3 is 2.52 bits per heavy atom. The zero-order valence-electron chi connectivity index (χ0n) is 12.6. The topological polar surface area (TPSA) is 12.0 Å². The second-order valence-electron chi connectivity index (χ2n) is 6.79. The Labute approximate surface area is 132 Å². The molecule has 116 valence electrons. The van der Waals surface area contributed by atoms with Gasteiger partial charge in [0.2, 0.25) is 0 Å². The first-order valence-corrected chi connectivity index (χ1v) is 8.77. The second kappa shape index (κ2) is 7.11. The smallest absolute Gasteiger partial charge is 0.142 e. The summed E-state index contributed by atoms with van der Waals surface area (Å²) in [5.41, 5.74) is 1.10. The molecule has 3 rings (SSSR count). The van der Waals surface area contributed by atoms with Gasteiger partial charge in [0, 0.05) is 6.04 Å². The van der Waals surface area contributed by atoms with Gasteiger partial charge in [0.05, 0.1) is 5.02 Å². The predicted molar refractivity (Wildman–Crippen MR) is 86.2 cm³/mol. The van der Waals surface area contributed by atoms with Crippen molar-refractivity contribution in [1.82, 2.24) is 5.32 Å². The lowest BCUT2D eigenvalue weighted by Gasteiger charge is -2.26. The maximum atomic E-state index is 13.6. The normalized spacial score (nSPS) is 26.6. The fraction of sp³-hybridized carbons (Fsp3) is 0.667. The summed E-state index contributed by atoms with van der Waals surface area (Å²) >= 11 is 5.78. The number of rotatable bonds is 5. The minimum absolute atomic E-state index is 0.228. The molecular formula is C18H25ClFN. The van der Waals surface area contributed by atoms with Crippen LogP contribution in [0.15, 0.2) is 18.2 Å². The molecule has 0 radical (unpaired) electrons. The number of halogens is 2. The van der Waals surface area contributed by atoms with E-state index in [0.717, 1.165) is 30.5 Å². The molecule has 0 spiro atoms. The predicted octanol–water partition coefficient (Wildman–Crippen LogP) is 4.97. The minimum atomic E-state index is -0.282. The zero-order chi connectivity index (χ0) is 14.7. The molecule has 0 aliphatic heterocycles. The molecule has 1 N–H and O–H groups in total. The summed E-state index contributed by atoms with van der Waals surface area (Å²) in [4.78, 5) is 0. The lowest BCUT2D eigenvalue weighted by molar-refractivity contribution is 0.297. The zero-order valence-corrected chi connectivity index (χ0v) is 13.3. The summed E-state index contributed by atoms with van der Waals surface area (Å²) in [6, 6.07) is 6.09. The average Bonchev–Trinajstić information content (AvgIpc) is 3.29. The van der Waals surface area contributed by atoms with E-state index in [4.69, 9.17) is 11.6 Å². The van der Waals surface area contributed by atoms with Crippen molar-refractivity contribution in [2.24, 2.45) is 11.8 Å². The van der Waals surface area contributed by atoms with Crippen molar-refractivity contribution in [3.05, 3.63) is 34.6 Å². The van der Waals surface area contributed by atoms with Gasteiger partial charge in [-0.15, -0.1) is 0 Å². The third-order valence-corrected chi connectivity index (χ3v) is 5.35. The fourth-order valence-corrected chi connectivity index (χ4v) is 3.69. The Kier molecular flexibility index (Phi) is 5.18. The maximum Gasteiger partial charge on any atom is 0.142 e. The van der Waals surface area contributed by atoms with Crippen LogP contribution in [0.2, 0.25) is 5.02 Å². The number of nitrogens with one attached hydrogen (secondary N) is 1. The van der Waals surface area contributed by atoms with Crippen molar-refractivity contribution in [1.29, 1.82) is 0 Å². The molecule has 3 heteroatoms. The molecule has 2 atom stereocenters. The van der Waals surface area contributed by atoms with Crippen LogP contribution >= 0.6 is 11.6 Å². The molecule has 21 heavy (non-hydrogen) atoms. The Hall–Kier alpha value is -0.600. The van der Waals surface area contributed by atoms with Gasteiger partial charge in [-0.1, -0.05) is 36.9 Å². The molecule has 2 aliphatic carbocycles. The molecule has 0 saturated heterocycles. The highest BCUT2D eigenvalue weighted by atomic mass is 35.5. The van der Waals surface area contributed by atoms with Gasteiger partial charge >= 0.3 is 0 Å². The average molecular weight is 310 g/mol. The quantitative estimate of drug-likeness (QED) is 0.757. The summed E-state index contributed by atoms with van der Waals surface area (Å²) in [6.07, 6.45) is 10.3. The Balaban J connectivity index is 1.64. The lowest BCUT2D eigenvalue weighted by atomic mass is 9.83. The summed E-state index contributed by atoms with van der Waals surface area (Å²) in [5, 5.41) is 3.92. The van der Waals surface area contributed by atoms with Crippen molar-refractivity contribution >= 4 is 11.6 Å². The van der Waals surface area contributed by atoms with Gasteiger partial charge in [0.1, 0.15) is 5.82 Å². The van der Waals surface area contributed by atoms with Gasteiger partial charge in [-0.2, -0.15) is 0 Å². The van der Waals surface area contributed by atoms with Crippen molar-refractivity contribution in [2.45, 2.75) is 57.4 Å². The summed E-state index contributed by atoms with van der Waals surface area (Å²) in [7, 11) is 0.